The Morgan fingerprint density at radius 3 is 2.27 bits per heavy atom. The largest absolute Gasteiger partial charge is 0.372 e. The molecule has 1 heterocycles. The van der Waals surface area contributed by atoms with Gasteiger partial charge in [-0.1, -0.05) is 0 Å². The lowest BCUT2D eigenvalue weighted by atomic mass is 10.2. The van der Waals surface area contributed by atoms with Gasteiger partial charge in [-0.2, -0.15) is 4.31 Å². The number of anilines is 1. The summed E-state index contributed by atoms with van der Waals surface area (Å²) in [4.78, 5) is 14.2. The molecule has 1 aromatic rings. The highest BCUT2D eigenvalue weighted by molar-refractivity contribution is 7.89. The maximum absolute atomic E-state index is 12.6. The summed E-state index contributed by atoms with van der Waals surface area (Å²) in [6.45, 7) is 2.08. The van der Waals surface area contributed by atoms with E-state index in [0.29, 0.717) is 31.9 Å². The molecule has 2 rings (SSSR count). The zero-order valence-electron chi connectivity index (χ0n) is 12.9. The van der Waals surface area contributed by atoms with Crippen molar-refractivity contribution >= 4 is 21.4 Å². The van der Waals surface area contributed by atoms with Crippen molar-refractivity contribution in [2.45, 2.75) is 4.90 Å². The predicted octanol–water partition coefficient (Wildman–Crippen LogP) is 0.597. The molecule has 0 aromatic heterocycles. The van der Waals surface area contributed by atoms with E-state index in [1.165, 1.54) is 16.4 Å². The predicted molar refractivity (Wildman–Crippen MR) is 83.7 cm³/mol. The first kappa shape index (κ1) is 16.7. The van der Waals surface area contributed by atoms with Crippen LogP contribution < -0.4 is 4.90 Å². The number of piperazine rings is 1. The second kappa shape index (κ2) is 6.19. The number of sulfonamides is 1. The molecule has 0 radical (unpaired) electrons. The highest BCUT2D eigenvalue weighted by atomic mass is 32.2. The third kappa shape index (κ3) is 3.21. The van der Waals surface area contributed by atoms with Gasteiger partial charge < -0.3 is 9.80 Å². The fraction of sp³-hybridized carbons (Fsp3) is 0.538. The van der Waals surface area contributed by atoms with Gasteiger partial charge in [-0.05, 0) is 19.2 Å². The molecule has 0 aliphatic carbocycles. The summed E-state index contributed by atoms with van der Waals surface area (Å²) in [5.41, 5.74) is 0.169. The molecule has 0 spiro atoms. The summed E-state index contributed by atoms with van der Waals surface area (Å²) in [6.07, 6.45) is 0. The van der Waals surface area contributed by atoms with Gasteiger partial charge in [0.1, 0.15) is 5.69 Å². The molecule has 9 heteroatoms. The van der Waals surface area contributed by atoms with Crippen LogP contribution in [0.15, 0.2) is 23.1 Å². The average Bonchev–Trinajstić information content (AvgIpc) is 2.46. The molecule has 0 saturated carbocycles. The van der Waals surface area contributed by atoms with Crippen LogP contribution >= 0.6 is 0 Å². The molecule has 0 amide bonds. The zero-order chi connectivity index (χ0) is 16.5. The Kier molecular flexibility index (Phi) is 4.69. The summed E-state index contributed by atoms with van der Waals surface area (Å²) in [7, 11) is 1.59. The van der Waals surface area contributed by atoms with Crippen molar-refractivity contribution in [2.75, 3.05) is 52.2 Å². The van der Waals surface area contributed by atoms with Gasteiger partial charge in [0.2, 0.25) is 10.0 Å². The highest BCUT2D eigenvalue weighted by Crippen LogP contribution is 2.30. The van der Waals surface area contributed by atoms with Crippen molar-refractivity contribution in [2.24, 2.45) is 0 Å². The monoisotopic (exact) mass is 328 g/mol. The lowest BCUT2D eigenvalue weighted by Gasteiger charge is -2.31. The number of nitro benzene ring substituents is 1. The van der Waals surface area contributed by atoms with E-state index >= 15 is 0 Å². The molecule has 0 atom stereocenters. The number of benzene rings is 1. The van der Waals surface area contributed by atoms with E-state index < -0.39 is 14.9 Å². The lowest BCUT2D eigenvalue weighted by molar-refractivity contribution is -0.384. The molecule has 1 aliphatic rings. The van der Waals surface area contributed by atoms with Gasteiger partial charge >= 0.3 is 0 Å². The number of hydrogen-bond acceptors (Lipinski definition) is 6. The molecule has 122 valence electrons. The third-order valence-electron chi connectivity index (χ3n) is 3.73. The summed E-state index contributed by atoms with van der Waals surface area (Å²) in [6, 6.07) is 4.04. The fourth-order valence-electron chi connectivity index (χ4n) is 2.37. The van der Waals surface area contributed by atoms with Crippen LogP contribution in [0, 0.1) is 10.1 Å². The molecule has 0 unspecified atom stereocenters. The number of rotatable bonds is 4. The second-order valence-electron chi connectivity index (χ2n) is 5.51. The van der Waals surface area contributed by atoms with Gasteiger partial charge in [0.15, 0.2) is 0 Å². The van der Waals surface area contributed by atoms with Crippen LogP contribution in [0.25, 0.3) is 0 Å². The van der Waals surface area contributed by atoms with E-state index in [0.717, 1.165) is 6.07 Å². The highest BCUT2D eigenvalue weighted by Gasteiger charge is 2.29. The first-order valence-corrected chi connectivity index (χ1v) is 8.32. The van der Waals surface area contributed by atoms with Gasteiger partial charge in [0, 0.05) is 46.3 Å². The molecular weight excluding hydrogens is 308 g/mol. The Balaban J connectivity index is 2.39. The van der Waals surface area contributed by atoms with Gasteiger partial charge in [0.05, 0.1) is 9.82 Å². The Bertz CT molecular complexity index is 667. The lowest BCUT2D eigenvalue weighted by Crippen LogP contribution is -2.47. The number of hydrogen-bond donors (Lipinski definition) is 0. The Labute approximate surface area is 130 Å². The van der Waals surface area contributed by atoms with E-state index in [1.54, 1.807) is 19.0 Å². The van der Waals surface area contributed by atoms with Crippen molar-refractivity contribution in [1.82, 2.24) is 9.21 Å². The number of likely N-dealkylation sites (N-methyl/N-ethyl adjacent to an activating group) is 1. The third-order valence-corrected chi connectivity index (χ3v) is 5.62. The number of nitro groups is 1. The minimum absolute atomic E-state index is 0.0330. The Hall–Kier alpha value is -1.71. The first-order chi connectivity index (χ1) is 10.2. The van der Waals surface area contributed by atoms with Crippen molar-refractivity contribution in [1.29, 1.82) is 0 Å². The summed E-state index contributed by atoms with van der Waals surface area (Å²) < 4.78 is 26.6. The molecule has 0 bridgehead atoms. The molecule has 1 aromatic carbocycles. The van der Waals surface area contributed by atoms with E-state index in [1.807, 2.05) is 11.9 Å². The van der Waals surface area contributed by atoms with Crippen LogP contribution in [0.4, 0.5) is 11.4 Å². The maximum atomic E-state index is 12.6. The summed E-state index contributed by atoms with van der Waals surface area (Å²) >= 11 is 0. The van der Waals surface area contributed by atoms with Gasteiger partial charge in [-0.3, -0.25) is 10.1 Å². The van der Waals surface area contributed by atoms with Crippen LogP contribution in [0.5, 0.6) is 0 Å². The van der Waals surface area contributed by atoms with Crippen LogP contribution in [-0.2, 0) is 10.0 Å². The van der Waals surface area contributed by atoms with Crippen LogP contribution in [-0.4, -0.2) is 69.9 Å². The van der Waals surface area contributed by atoms with E-state index in [4.69, 9.17) is 0 Å². The molecule has 1 aliphatic heterocycles. The molecular formula is C13H20N4O4S. The normalized spacial score (nSPS) is 17.4. The summed E-state index contributed by atoms with van der Waals surface area (Å²) in [5, 5.41) is 11.2. The minimum atomic E-state index is -3.70. The maximum Gasteiger partial charge on any atom is 0.293 e. The van der Waals surface area contributed by atoms with Crippen LogP contribution in [0.1, 0.15) is 0 Å². The zero-order valence-corrected chi connectivity index (χ0v) is 13.7. The standard InChI is InChI=1S/C13H20N4O4S/c1-14(2)12-5-4-11(10-13(12)17(18)19)22(20,21)16-8-6-15(3)7-9-16/h4-5,10H,6-9H2,1-3H3. The van der Waals surface area contributed by atoms with Gasteiger partial charge in [-0.25, -0.2) is 8.42 Å². The molecule has 8 nitrogen and oxygen atoms in total. The van der Waals surface area contributed by atoms with Gasteiger partial charge in [0.25, 0.3) is 5.69 Å². The van der Waals surface area contributed by atoms with E-state index in [9.17, 15) is 18.5 Å². The van der Waals surface area contributed by atoms with Crippen LogP contribution in [0.3, 0.4) is 0 Å². The molecule has 1 saturated heterocycles. The van der Waals surface area contributed by atoms with Crippen molar-refractivity contribution in [3.8, 4) is 0 Å². The Morgan fingerprint density at radius 1 is 1.18 bits per heavy atom. The van der Waals surface area contributed by atoms with E-state index in [2.05, 4.69) is 0 Å². The van der Waals surface area contributed by atoms with Crippen molar-refractivity contribution in [3.63, 3.8) is 0 Å². The quantitative estimate of drug-likeness (QED) is 0.594. The van der Waals surface area contributed by atoms with Gasteiger partial charge in [-0.15, -0.1) is 0 Å². The van der Waals surface area contributed by atoms with Crippen LogP contribution in [0.2, 0.25) is 0 Å². The van der Waals surface area contributed by atoms with E-state index in [-0.39, 0.29) is 10.6 Å². The fourth-order valence-corrected chi connectivity index (χ4v) is 3.81. The Morgan fingerprint density at radius 2 is 1.77 bits per heavy atom. The SMILES string of the molecule is CN1CCN(S(=O)(=O)c2ccc(N(C)C)c([N+](=O)[O-])c2)CC1. The van der Waals surface area contributed by atoms with Crippen molar-refractivity contribution in [3.05, 3.63) is 28.3 Å². The minimum Gasteiger partial charge on any atom is -0.372 e. The second-order valence-corrected chi connectivity index (χ2v) is 7.45. The molecule has 0 N–H and O–H groups in total. The topological polar surface area (TPSA) is 87.0 Å². The summed E-state index contributed by atoms with van der Waals surface area (Å²) in [5.74, 6) is 0. The average molecular weight is 328 g/mol. The molecule has 1 fully saturated rings. The number of nitrogens with zero attached hydrogens (tertiary/aromatic N) is 4. The molecule has 22 heavy (non-hydrogen) atoms. The first-order valence-electron chi connectivity index (χ1n) is 6.88. The van der Waals surface area contributed by atoms with Crippen molar-refractivity contribution < 1.29 is 13.3 Å². The smallest absolute Gasteiger partial charge is 0.293 e.